The van der Waals surface area contributed by atoms with Crippen molar-refractivity contribution >= 4 is 17.2 Å². The minimum atomic E-state index is -0.128. The molecule has 0 aromatic carbocycles. The lowest BCUT2D eigenvalue weighted by molar-refractivity contribution is 0.0919. The highest BCUT2D eigenvalue weighted by atomic mass is 32.1. The summed E-state index contributed by atoms with van der Waals surface area (Å²) in [5, 5.41) is 12.0. The molecule has 4 heteroatoms. The Labute approximate surface area is 119 Å². The van der Waals surface area contributed by atoms with E-state index in [4.69, 9.17) is 5.11 Å². The summed E-state index contributed by atoms with van der Waals surface area (Å²) >= 11 is 1.64. The van der Waals surface area contributed by atoms with E-state index in [0.29, 0.717) is 0 Å². The summed E-state index contributed by atoms with van der Waals surface area (Å²) in [6.07, 6.45) is 8.07. The van der Waals surface area contributed by atoms with Crippen LogP contribution in [-0.4, -0.2) is 23.7 Å². The van der Waals surface area contributed by atoms with Gasteiger partial charge in [0.1, 0.15) is 0 Å². The second-order valence-corrected chi connectivity index (χ2v) is 6.37. The monoisotopic (exact) mass is 281 g/mol. The Morgan fingerprint density at radius 1 is 1.37 bits per heavy atom. The number of hydrogen-bond donors (Lipinski definition) is 2. The summed E-state index contributed by atoms with van der Waals surface area (Å²) in [6, 6.07) is 1.93. The van der Waals surface area contributed by atoms with E-state index in [1.807, 2.05) is 6.92 Å². The number of aryl methyl sites for hydroxylation is 2. The van der Waals surface area contributed by atoms with Gasteiger partial charge in [-0.25, -0.2) is 0 Å². The number of rotatable bonds is 4. The van der Waals surface area contributed by atoms with Crippen molar-refractivity contribution in [1.82, 2.24) is 5.32 Å². The molecule has 2 rings (SSSR count). The molecule has 1 atom stereocenters. The lowest BCUT2D eigenvalue weighted by atomic mass is 10.00. The van der Waals surface area contributed by atoms with Crippen molar-refractivity contribution in [1.29, 1.82) is 0 Å². The van der Waals surface area contributed by atoms with Crippen LogP contribution in [0.25, 0.3) is 0 Å². The Morgan fingerprint density at radius 3 is 2.79 bits per heavy atom. The van der Waals surface area contributed by atoms with E-state index in [9.17, 15) is 4.79 Å². The Bertz CT molecular complexity index is 398. The molecular weight excluding hydrogens is 258 g/mol. The van der Waals surface area contributed by atoms with Crippen molar-refractivity contribution in [3.63, 3.8) is 0 Å². The number of aliphatic hydroxyl groups is 1. The van der Waals surface area contributed by atoms with Crippen LogP contribution in [0.3, 0.4) is 0 Å². The third kappa shape index (κ3) is 3.80. The SMILES string of the molecule is CCC(CO)NC(=O)c1cc2c(s1)CCCCCC2. The third-order valence-corrected chi connectivity index (χ3v) is 5.00. The lowest BCUT2D eigenvalue weighted by Gasteiger charge is -2.12. The van der Waals surface area contributed by atoms with Gasteiger partial charge >= 0.3 is 0 Å². The smallest absolute Gasteiger partial charge is 0.261 e. The van der Waals surface area contributed by atoms with Crippen molar-refractivity contribution in [3.8, 4) is 0 Å². The number of hydrogen-bond acceptors (Lipinski definition) is 3. The maximum atomic E-state index is 12.2. The van der Waals surface area contributed by atoms with Gasteiger partial charge in [0.05, 0.1) is 17.5 Å². The number of thiophene rings is 1. The van der Waals surface area contributed by atoms with Gasteiger partial charge in [-0.15, -0.1) is 11.3 Å². The fraction of sp³-hybridized carbons (Fsp3) is 0.667. The first-order chi connectivity index (χ1) is 9.24. The summed E-state index contributed by atoms with van der Waals surface area (Å²) in [5.41, 5.74) is 1.37. The van der Waals surface area contributed by atoms with Crippen LogP contribution in [-0.2, 0) is 12.8 Å². The average Bonchev–Trinajstić information content (AvgIpc) is 2.78. The zero-order chi connectivity index (χ0) is 13.7. The predicted molar refractivity (Wildman–Crippen MR) is 78.8 cm³/mol. The summed E-state index contributed by atoms with van der Waals surface area (Å²) in [6.45, 7) is 1.97. The molecule has 1 aliphatic carbocycles. The molecule has 0 radical (unpaired) electrons. The Balaban J connectivity index is 2.08. The molecule has 1 unspecified atom stereocenters. The maximum Gasteiger partial charge on any atom is 0.261 e. The van der Waals surface area contributed by atoms with Gasteiger partial charge in [0.2, 0.25) is 0 Å². The van der Waals surface area contributed by atoms with Crippen LogP contribution in [0.1, 0.15) is 59.1 Å². The average molecular weight is 281 g/mol. The highest BCUT2D eigenvalue weighted by Crippen LogP contribution is 2.28. The molecule has 19 heavy (non-hydrogen) atoms. The second kappa shape index (κ2) is 7.06. The van der Waals surface area contributed by atoms with E-state index in [1.54, 1.807) is 11.3 Å². The van der Waals surface area contributed by atoms with Crippen LogP contribution in [0.15, 0.2) is 6.07 Å². The molecule has 0 fully saturated rings. The first-order valence-corrected chi connectivity index (χ1v) is 8.09. The number of carbonyl (C=O) groups excluding carboxylic acids is 1. The van der Waals surface area contributed by atoms with Gasteiger partial charge in [0.25, 0.3) is 5.91 Å². The molecule has 0 saturated heterocycles. The van der Waals surface area contributed by atoms with Crippen LogP contribution in [0, 0.1) is 0 Å². The van der Waals surface area contributed by atoms with E-state index in [2.05, 4.69) is 11.4 Å². The molecule has 1 amide bonds. The first-order valence-electron chi connectivity index (χ1n) is 7.28. The zero-order valence-electron chi connectivity index (χ0n) is 11.6. The number of fused-ring (bicyclic) bond motifs is 1. The van der Waals surface area contributed by atoms with Crippen LogP contribution in [0.4, 0.5) is 0 Å². The highest BCUT2D eigenvalue weighted by Gasteiger charge is 2.17. The molecular formula is C15H23NO2S. The van der Waals surface area contributed by atoms with Crippen LogP contribution < -0.4 is 5.32 Å². The summed E-state index contributed by atoms with van der Waals surface area (Å²) < 4.78 is 0. The predicted octanol–water partition coefficient (Wildman–Crippen LogP) is 2.91. The number of nitrogens with one attached hydrogen (secondary N) is 1. The molecule has 106 valence electrons. The van der Waals surface area contributed by atoms with Crippen LogP contribution in [0.2, 0.25) is 0 Å². The molecule has 0 bridgehead atoms. The quantitative estimate of drug-likeness (QED) is 0.891. The summed E-state index contributed by atoms with van der Waals surface area (Å²) in [5.74, 6) is -0.0300. The Hall–Kier alpha value is -0.870. The van der Waals surface area contributed by atoms with Gasteiger partial charge < -0.3 is 10.4 Å². The topological polar surface area (TPSA) is 49.3 Å². The molecule has 1 aromatic rings. The molecule has 1 heterocycles. The Kier molecular flexibility index (Phi) is 5.40. The van der Waals surface area contributed by atoms with Gasteiger partial charge in [0, 0.05) is 4.88 Å². The molecule has 0 aliphatic heterocycles. The van der Waals surface area contributed by atoms with Crippen LogP contribution >= 0.6 is 11.3 Å². The van der Waals surface area contributed by atoms with Crippen molar-refractivity contribution in [2.45, 2.75) is 57.9 Å². The van der Waals surface area contributed by atoms with E-state index >= 15 is 0 Å². The third-order valence-electron chi connectivity index (χ3n) is 3.77. The van der Waals surface area contributed by atoms with Gasteiger partial charge in [-0.1, -0.05) is 19.8 Å². The highest BCUT2D eigenvalue weighted by molar-refractivity contribution is 7.14. The first kappa shape index (κ1) is 14.5. The summed E-state index contributed by atoms with van der Waals surface area (Å²) in [4.78, 5) is 14.3. The summed E-state index contributed by atoms with van der Waals surface area (Å²) in [7, 11) is 0. The van der Waals surface area contributed by atoms with E-state index in [0.717, 1.165) is 24.1 Å². The molecule has 3 nitrogen and oxygen atoms in total. The maximum absolute atomic E-state index is 12.2. The fourth-order valence-electron chi connectivity index (χ4n) is 2.49. The number of carbonyl (C=O) groups is 1. The van der Waals surface area contributed by atoms with Crippen LogP contribution in [0.5, 0.6) is 0 Å². The van der Waals surface area contributed by atoms with E-state index in [1.165, 1.54) is 36.1 Å². The van der Waals surface area contributed by atoms with Crippen molar-refractivity contribution in [3.05, 3.63) is 21.4 Å². The zero-order valence-corrected chi connectivity index (χ0v) is 12.4. The van der Waals surface area contributed by atoms with E-state index in [-0.39, 0.29) is 18.6 Å². The molecule has 2 N–H and O–H groups in total. The minimum Gasteiger partial charge on any atom is -0.394 e. The van der Waals surface area contributed by atoms with Gasteiger partial charge in [-0.05, 0) is 43.7 Å². The van der Waals surface area contributed by atoms with Crippen molar-refractivity contribution in [2.24, 2.45) is 0 Å². The molecule has 1 aliphatic rings. The van der Waals surface area contributed by atoms with Gasteiger partial charge in [0.15, 0.2) is 0 Å². The second-order valence-electron chi connectivity index (χ2n) is 5.23. The van der Waals surface area contributed by atoms with Gasteiger partial charge in [-0.3, -0.25) is 4.79 Å². The fourth-order valence-corrected chi connectivity index (χ4v) is 3.65. The van der Waals surface area contributed by atoms with Crippen molar-refractivity contribution in [2.75, 3.05) is 6.61 Å². The minimum absolute atomic E-state index is 0.00727. The largest absolute Gasteiger partial charge is 0.394 e. The number of aliphatic hydroxyl groups excluding tert-OH is 1. The molecule has 1 aromatic heterocycles. The standard InChI is InChI=1S/C15H23NO2S/c1-2-12(10-17)16-15(18)14-9-11-7-5-3-4-6-8-13(11)19-14/h9,12,17H,2-8,10H2,1H3,(H,16,18). The number of amides is 1. The van der Waals surface area contributed by atoms with E-state index < -0.39 is 0 Å². The normalized spacial score (nSPS) is 17.2. The van der Waals surface area contributed by atoms with Crippen molar-refractivity contribution < 1.29 is 9.90 Å². The Morgan fingerprint density at radius 2 is 2.11 bits per heavy atom. The molecule has 0 spiro atoms. The lowest BCUT2D eigenvalue weighted by Crippen LogP contribution is -2.36. The molecule has 0 saturated carbocycles. The van der Waals surface area contributed by atoms with Gasteiger partial charge in [-0.2, -0.15) is 0 Å².